The number of carbonyl (C=O) groups is 1. The Kier molecular flexibility index (Phi) is 4.22. The molecule has 1 atom stereocenters. The summed E-state index contributed by atoms with van der Waals surface area (Å²) in [6, 6.07) is 3.34. The first-order valence-electron chi connectivity index (χ1n) is 4.47. The van der Waals surface area contributed by atoms with Crippen LogP contribution in [0, 0.1) is 0 Å². The lowest BCUT2D eigenvalue weighted by molar-refractivity contribution is -0.0919. The first kappa shape index (κ1) is 10.8. The highest BCUT2D eigenvalue weighted by atomic mass is 16.6. The van der Waals surface area contributed by atoms with E-state index in [1.807, 2.05) is 0 Å². The largest absolute Gasteiger partial charge is 0.368 e. The molecule has 4 nitrogen and oxygen atoms in total. The van der Waals surface area contributed by atoms with Crippen LogP contribution in [0.25, 0.3) is 0 Å². The summed E-state index contributed by atoms with van der Waals surface area (Å²) >= 11 is 0. The summed E-state index contributed by atoms with van der Waals surface area (Å²) in [4.78, 5) is 15.3. The minimum absolute atomic E-state index is 0.0282. The lowest BCUT2D eigenvalue weighted by Crippen LogP contribution is -2.17. The maximum atomic E-state index is 11.4. The summed E-state index contributed by atoms with van der Waals surface area (Å²) in [5, 5.41) is 9.22. The number of carbonyl (C=O) groups excluding carboxylic acids is 1. The third-order valence-corrected chi connectivity index (χ3v) is 1.70. The van der Waals surface area contributed by atoms with Gasteiger partial charge in [0.1, 0.15) is 0 Å². The molecule has 1 N–H and O–H groups in total. The van der Waals surface area contributed by atoms with Gasteiger partial charge in [0.2, 0.25) is 0 Å². The smallest absolute Gasteiger partial charge is 0.169 e. The quantitative estimate of drug-likeness (QED) is 0.562. The fourth-order valence-corrected chi connectivity index (χ4v) is 1.06. The Labute approximate surface area is 82.5 Å². The summed E-state index contributed by atoms with van der Waals surface area (Å²) in [5.41, 5.74) is 0.492. The number of pyridine rings is 1. The lowest BCUT2D eigenvalue weighted by Gasteiger charge is -2.08. The number of nitrogens with zero attached hydrogens (tertiary/aromatic N) is 1. The predicted molar refractivity (Wildman–Crippen MR) is 50.8 cm³/mol. The molecule has 0 aliphatic carbocycles. The van der Waals surface area contributed by atoms with Crippen molar-refractivity contribution < 1.29 is 14.6 Å². The zero-order valence-corrected chi connectivity index (χ0v) is 8.01. The Hall–Kier alpha value is -1.26. The highest BCUT2D eigenvalue weighted by Gasteiger charge is 2.12. The third kappa shape index (κ3) is 3.24. The van der Waals surface area contributed by atoms with Crippen LogP contribution in [0.3, 0.4) is 0 Å². The van der Waals surface area contributed by atoms with Crippen molar-refractivity contribution in [2.45, 2.75) is 19.6 Å². The molecule has 0 fully saturated rings. The van der Waals surface area contributed by atoms with E-state index in [9.17, 15) is 9.90 Å². The van der Waals surface area contributed by atoms with Gasteiger partial charge in [-0.3, -0.25) is 9.78 Å². The van der Waals surface area contributed by atoms with Crippen LogP contribution in [0.15, 0.2) is 24.5 Å². The van der Waals surface area contributed by atoms with Crippen molar-refractivity contribution >= 4 is 5.78 Å². The van der Waals surface area contributed by atoms with Crippen LogP contribution in [0.1, 0.15) is 23.7 Å². The fourth-order valence-electron chi connectivity index (χ4n) is 1.06. The topological polar surface area (TPSA) is 59.4 Å². The number of Topliss-reactive ketones (excluding diaryl/α,β-unsaturated/α-hetero) is 1. The van der Waals surface area contributed by atoms with E-state index < -0.39 is 6.29 Å². The summed E-state index contributed by atoms with van der Waals surface area (Å²) in [6.07, 6.45) is 2.02. The number of ketones is 1. The minimum Gasteiger partial charge on any atom is -0.368 e. The van der Waals surface area contributed by atoms with Crippen molar-refractivity contribution in [1.82, 2.24) is 4.98 Å². The molecule has 0 aliphatic rings. The highest BCUT2D eigenvalue weighted by Crippen LogP contribution is 2.04. The Morgan fingerprint density at radius 2 is 2.50 bits per heavy atom. The average Bonchev–Trinajstić information content (AvgIpc) is 2.19. The Morgan fingerprint density at radius 1 is 1.71 bits per heavy atom. The van der Waals surface area contributed by atoms with Gasteiger partial charge < -0.3 is 9.84 Å². The third-order valence-electron chi connectivity index (χ3n) is 1.70. The molecular formula is C10H13NO3. The number of ether oxygens (including phenoxy) is 1. The lowest BCUT2D eigenvalue weighted by atomic mass is 10.1. The molecule has 0 saturated carbocycles. The average molecular weight is 195 g/mol. The number of rotatable bonds is 5. The van der Waals surface area contributed by atoms with Gasteiger partial charge >= 0.3 is 0 Å². The van der Waals surface area contributed by atoms with Crippen molar-refractivity contribution in [3.8, 4) is 0 Å². The van der Waals surface area contributed by atoms with Gasteiger partial charge in [0, 0.05) is 24.6 Å². The fraction of sp³-hybridized carbons (Fsp3) is 0.400. The van der Waals surface area contributed by atoms with Gasteiger partial charge in [0.05, 0.1) is 6.42 Å². The number of hydrogen-bond donors (Lipinski definition) is 1. The molecule has 0 bridgehead atoms. The molecule has 14 heavy (non-hydrogen) atoms. The van der Waals surface area contributed by atoms with E-state index in [2.05, 4.69) is 4.98 Å². The maximum Gasteiger partial charge on any atom is 0.169 e. The molecule has 0 amide bonds. The first-order valence-corrected chi connectivity index (χ1v) is 4.47. The van der Waals surface area contributed by atoms with Crippen molar-refractivity contribution in [2.24, 2.45) is 0 Å². The normalized spacial score (nSPS) is 12.4. The summed E-state index contributed by atoms with van der Waals surface area (Å²) in [5.74, 6) is -0.168. The highest BCUT2D eigenvalue weighted by molar-refractivity contribution is 5.95. The van der Waals surface area contributed by atoms with Gasteiger partial charge in [0.25, 0.3) is 0 Å². The van der Waals surface area contributed by atoms with Crippen LogP contribution in [-0.2, 0) is 4.74 Å². The van der Waals surface area contributed by atoms with Crippen molar-refractivity contribution in [2.75, 3.05) is 6.61 Å². The van der Waals surface area contributed by atoms with E-state index in [1.54, 1.807) is 25.3 Å². The standard InChI is InChI=1S/C10H13NO3/c1-2-14-10(13)6-9(12)8-4-3-5-11-7-8/h3-5,7,10,13H,2,6H2,1H3. The molecule has 0 aliphatic heterocycles. The second-order valence-corrected chi connectivity index (χ2v) is 2.78. The zero-order chi connectivity index (χ0) is 10.4. The number of aromatic nitrogens is 1. The van der Waals surface area contributed by atoms with E-state index in [4.69, 9.17) is 4.74 Å². The SMILES string of the molecule is CCOC(O)CC(=O)c1cccnc1. The van der Waals surface area contributed by atoms with Crippen LogP contribution in [-0.4, -0.2) is 28.8 Å². The van der Waals surface area contributed by atoms with Crippen molar-refractivity contribution in [3.63, 3.8) is 0 Å². The molecule has 1 aromatic rings. The molecule has 0 radical (unpaired) electrons. The second-order valence-electron chi connectivity index (χ2n) is 2.78. The molecule has 0 saturated heterocycles. The Bertz CT molecular complexity index is 287. The maximum absolute atomic E-state index is 11.4. The molecular weight excluding hydrogens is 182 g/mol. The molecule has 1 aromatic heterocycles. The summed E-state index contributed by atoms with van der Waals surface area (Å²) < 4.78 is 4.85. The van der Waals surface area contributed by atoms with E-state index >= 15 is 0 Å². The number of aliphatic hydroxyl groups is 1. The van der Waals surface area contributed by atoms with E-state index in [0.717, 1.165) is 0 Å². The summed E-state index contributed by atoms with van der Waals surface area (Å²) in [7, 11) is 0. The van der Waals surface area contributed by atoms with Crippen LogP contribution in [0.5, 0.6) is 0 Å². The van der Waals surface area contributed by atoms with Gasteiger partial charge in [-0.1, -0.05) is 0 Å². The van der Waals surface area contributed by atoms with Crippen LogP contribution >= 0.6 is 0 Å². The molecule has 0 aromatic carbocycles. The molecule has 1 unspecified atom stereocenters. The van der Waals surface area contributed by atoms with Crippen LogP contribution in [0.2, 0.25) is 0 Å². The van der Waals surface area contributed by atoms with Gasteiger partial charge in [0.15, 0.2) is 12.1 Å². The van der Waals surface area contributed by atoms with E-state index in [0.29, 0.717) is 12.2 Å². The number of hydrogen-bond acceptors (Lipinski definition) is 4. The van der Waals surface area contributed by atoms with Gasteiger partial charge in [-0.15, -0.1) is 0 Å². The van der Waals surface area contributed by atoms with Crippen LogP contribution in [0.4, 0.5) is 0 Å². The molecule has 0 spiro atoms. The van der Waals surface area contributed by atoms with Gasteiger partial charge in [-0.05, 0) is 19.1 Å². The van der Waals surface area contributed by atoms with Crippen molar-refractivity contribution in [3.05, 3.63) is 30.1 Å². The number of aliphatic hydroxyl groups excluding tert-OH is 1. The molecule has 1 heterocycles. The first-order chi connectivity index (χ1) is 6.74. The monoisotopic (exact) mass is 195 g/mol. The van der Waals surface area contributed by atoms with Gasteiger partial charge in [-0.25, -0.2) is 0 Å². The minimum atomic E-state index is -1.02. The van der Waals surface area contributed by atoms with Gasteiger partial charge in [-0.2, -0.15) is 0 Å². The van der Waals surface area contributed by atoms with E-state index in [-0.39, 0.29) is 12.2 Å². The Morgan fingerprint density at radius 3 is 3.07 bits per heavy atom. The van der Waals surface area contributed by atoms with Crippen LogP contribution < -0.4 is 0 Å². The van der Waals surface area contributed by atoms with Crippen molar-refractivity contribution in [1.29, 1.82) is 0 Å². The Balaban J connectivity index is 2.51. The summed E-state index contributed by atoms with van der Waals surface area (Å²) in [6.45, 7) is 2.15. The molecule has 4 heteroatoms. The molecule has 76 valence electrons. The molecule has 1 rings (SSSR count). The van der Waals surface area contributed by atoms with E-state index in [1.165, 1.54) is 6.20 Å². The predicted octanol–water partition coefficient (Wildman–Crippen LogP) is 1.01. The second kappa shape index (κ2) is 5.47. The zero-order valence-electron chi connectivity index (χ0n) is 8.01.